The summed E-state index contributed by atoms with van der Waals surface area (Å²) in [5, 5.41) is 0. The van der Waals surface area contributed by atoms with Crippen LogP contribution < -0.4 is 15.2 Å². The van der Waals surface area contributed by atoms with Gasteiger partial charge in [0.05, 0.1) is 21.7 Å². The van der Waals surface area contributed by atoms with Crippen molar-refractivity contribution in [2.24, 2.45) is 0 Å². The monoisotopic (exact) mass is 389 g/mol. The lowest BCUT2D eigenvalue weighted by Crippen LogP contribution is -1.94. The number of nitrogen functional groups attached to an aromatic ring is 1. The highest BCUT2D eigenvalue weighted by atomic mass is 79.9. The van der Waals surface area contributed by atoms with E-state index in [1.54, 1.807) is 19.2 Å². The molecule has 0 saturated carbocycles. The Kier molecular flexibility index (Phi) is 4.31. The molecule has 0 atom stereocenters. The Balaban J connectivity index is 2.38. The summed E-state index contributed by atoms with van der Waals surface area (Å²) in [4.78, 5) is 0. The summed E-state index contributed by atoms with van der Waals surface area (Å²) in [6.07, 6.45) is 0. The first-order valence-electron chi connectivity index (χ1n) is 5.27. The van der Waals surface area contributed by atoms with Gasteiger partial charge in [-0.15, -0.1) is 0 Å². The largest absolute Gasteiger partial charge is 0.496 e. The summed E-state index contributed by atoms with van der Waals surface area (Å²) in [6, 6.07) is 7.43. The molecule has 2 N–H and O–H groups in total. The van der Waals surface area contributed by atoms with Crippen molar-refractivity contribution in [2.45, 2.75) is 0 Å². The maximum absolute atomic E-state index is 13.2. The first-order valence-corrected chi connectivity index (χ1v) is 6.85. The van der Waals surface area contributed by atoms with Crippen molar-refractivity contribution in [3.05, 3.63) is 45.1 Å². The third-order valence-electron chi connectivity index (χ3n) is 2.40. The molecule has 2 aromatic carbocycles. The van der Waals surface area contributed by atoms with Crippen LogP contribution in [0.25, 0.3) is 0 Å². The normalized spacial score (nSPS) is 10.3. The molecule has 19 heavy (non-hydrogen) atoms. The number of hydrogen-bond donors (Lipinski definition) is 1. The molecule has 0 aliphatic heterocycles. The molecule has 0 amide bonds. The summed E-state index contributed by atoms with van der Waals surface area (Å²) < 4.78 is 25.3. The van der Waals surface area contributed by atoms with Gasteiger partial charge in [-0.25, -0.2) is 4.39 Å². The zero-order valence-electron chi connectivity index (χ0n) is 9.91. The van der Waals surface area contributed by atoms with Crippen LogP contribution in [0.4, 0.5) is 10.1 Å². The Hall–Kier alpha value is -1.27. The van der Waals surface area contributed by atoms with E-state index < -0.39 is 5.82 Å². The lowest BCUT2D eigenvalue weighted by molar-refractivity contribution is 0.409. The van der Waals surface area contributed by atoms with Gasteiger partial charge < -0.3 is 15.2 Å². The van der Waals surface area contributed by atoms with Crippen molar-refractivity contribution in [1.29, 1.82) is 0 Å². The first kappa shape index (κ1) is 14.1. The van der Waals surface area contributed by atoms with Crippen molar-refractivity contribution in [3.8, 4) is 17.2 Å². The molecular formula is C13H10Br2FNO2. The summed E-state index contributed by atoms with van der Waals surface area (Å²) in [5.74, 6) is 1.02. The maximum atomic E-state index is 13.2. The molecule has 2 aromatic rings. The minimum atomic E-state index is -0.409. The molecule has 2 rings (SSSR count). The summed E-state index contributed by atoms with van der Waals surface area (Å²) >= 11 is 6.72. The van der Waals surface area contributed by atoms with Crippen LogP contribution >= 0.6 is 31.9 Å². The highest BCUT2D eigenvalue weighted by molar-refractivity contribution is 9.11. The number of rotatable bonds is 3. The summed E-state index contributed by atoms with van der Waals surface area (Å²) in [7, 11) is 1.57. The molecule has 0 saturated heterocycles. The van der Waals surface area contributed by atoms with Crippen LogP contribution in [-0.4, -0.2) is 7.11 Å². The van der Waals surface area contributed by atoms with E-state index in [-0.39, 0.29) is 5.75 Å². The topological polar surface area (TPSA) is 44.5 Å². The van der Waals surface area contributed by atoms with Crippen LogP contribution in [0.1, 0.15) is 0 Å². The summed E-state index contributed by atoms with van der Waals surface area (Å²) in [6.45, 7) is 0. The number of hydrogen-bond acceptors (Lipinski definition) is 3. The predicted molar refractivity (Wildman–Crippen MR) is 79.3 cm³/mol. The van der Waals surface area contributed by atoms with E-state index in [1.165, 1.54) is 18.2 Å². The lowest BCUT2D eigenvalue weighted by atomic mass is 10.3. The zero-order chi connectivity index (χ0) is 14.0. The molecule has 0 aliphatic carbocycles. The van der Waals surface area contributed by atoms with Crippen LogP contribution in [0.15, 0.2) is 39.3 Å². The van der Waals surface area contributed by atoms with Crippen LogP contribution in [0, 0.1) is 5.82 Å². The number of benzene rings is 2. The Bertz CT molecular complexity index is 620. The van der Waals surface area contributed by atoms with Crippen LogP contribution in [0.3, 0.4) is 0 Å². The Morgan fingerprint density at radius 3 is 2.32 bits per heavy atom. The molecule has 0 bridgehead atoms. The molecule has 0 aliphatic rings. The molecule has 3 nitrogen and oxygen atoms in total. The van der Waals surface area contributed by atoms with Gasteiger partial charge in [0.2, 0.25) is 0 Å². The van der Waals surface area contributed by atoms with Crippen molar-refractivity contribution in [3.63, 3.8) is 0 Å². The maximum Gasteiger partial charge on any atom is 0.153 e. The highest BCUT2D eigenvalue weighted by Gasteiger charge is 2.11. The average Bonchev–Trinajstić information content (AvgIpc) is 2.37. The van der Waals surface area contributed by atoms with Gasteiger partial charge in [0.15, 0.2) is 5.75 Å². The number of halogens is 3. The van der Waals surface area contributed by atoms with E-state index in [4.69, 9.17) is 15.2 Å². The van der Waals surface area contributed by atoms with Crippen LogP contribution in [0.2, 0.25) is 0 Å². The Morgan fingerprint density at radius 1 is 1.00 bits per heavy atom. The molecule has 0 heterocycles. The van der Waals surface area contributed by atoms with Crippen LogP contribution in [0.5, 0.6) is 17.2 Å². The van der Waals surface area contributed by atoms with Crippen molar-refractivity contribution < 1.29 is 13.9 Å². The Morgan fingerprint density at radius 2 is 1.63 bits per heavy atom. The van der Waals surface area contributed by atoms with E-state index in [1.807, 2.05) is 0 Å². The minimum absolute atomic E-state index is 0.262. The highest BCUT2D eigenvalue weighted by Crippen LogP contribution is 2.39. The molecule has 0 fully saturated rings. The first-order chi connectivity index (χ1) is 9.01. The number of nitrogens with two attached hydrogens (primary N) is 1. The predicted octanol–water partition coefficient (Wildman–Crippen LogP) is 4.73. The SMILES string of the molecule is COc1cc(Br)c(Oc2cc(F)ccc2N)cc1Br. The smallest absolute Gasteiger partial charge is 0.153 e. The Labute approximate surface area is 126 Å². The van der Waals surface area contributed by atoms with Gasteiger partial charge in [-0.1, -0.05) is 0 Å². The molecule has 0 aromatic heterocycles. The fourth-order valence-corrected chi connectivity index (χ4v) is 2.35. The molecule has 0 radical (unpaired) electrons. The molecule has 6 heteroatoms. The number of methoxy groups -OCH3 is 1. The van der Waals surface area contributed by atoms with E-state index in [2.05, 4.69) is 31.9 Å². The molecule has 0 unspecified atom stereocenters. The van der Waals surface area contributed by atoms with Gasteiger partial charge in [0.25, 0.3) is 0 Å². The molecule has 0 spiro atoms. The van der Waals surface area contributed by atoms with Gasteiger partial charge in [-0.05, 0) is 56.1 Å². The van der Waals surface area contributed by atoms with E-state index >= 15 is 0 Å². The second kappa shape index (κ2) is 5.79. The van der Waals surface area contributed by atoms with Crippen LogP contribution in [-0.2, 0) is 0 Å². The van der Waals surface area contributed by atoms with Gasteiger partial charge in [0.1, 0.15) is 17.3 Å². The van der Waals surface area contributed by atoms with Gasteiger partial charge in [0, 0.05) is 6.07 Å². The quantitative estimate of drug-likeness (QED) is 0.770. The van der Waals surface area contributed by atoms with Crippen molar-refractivity contribution in [2.75, 3.05) is 12.8 Å². The van der Waals surface area contributed by atoms with E-state index in [0.717, 1.165) is 4.47 Å². The van der Waals surface area contributed by atoms with Crippen molar-refractivity contribution >= 4 is 37.5 Å². The third-order valence-corrected chi connectivity index (χ3v) is 3.64. The van der Waals surface area contributed by atoms with Crippen molar-refractivity contribution in [1.82, 2.24) is 0 Å². The lowest BCUT2D eigenvalue weighted by Gasteiger charge is -2.12. The zero-order valence-corrected chi connectivity index (χ0v) is 13.1. The molecular weight excluding hydrogens is 381 g/mol. The third kappa shape index (κ3) is 3.19. The van der Waals surface area contributed by atoms with Gasteiger partial charge >= 0.3 is 0 Å². The summed E-state index contributed by atoms with van der Waals surface area (Å²) in [5.41, 5.74) is 6.10. The van der Waals surface area contributed by atoms with E-state index in [0.29, 0.717) is 21.7 Å². The van der Waals surface area contributed by atoms with E-state index in [9.17, 15) is 4.39 Å². The average molecular weight is 391 g/mol. The second-order valence-corrected chi connectivity index (χ2v) is 5.41. The molecule has 100 valence electrons. The second-order valence-electron chi connectivity index (χ2n) is 3.70. The number of ether oxygens (including phenoxy) is 2. The van der Waals surface area contributed by atoms with Gasteiger partial charge in [-0.2, -0.15) is 0 Å². The standard InChI is InChI=1S/C13H10Br2FNO2/c1-18-11-5-9(15)12(6-8(11)14)19-13-4-7(16)2-3-10(13)17/h2-6H,17H2,1H3. The minimum Gasteiger partial charge on any atom is -0.496 e. The number of anilines is 1. The fraction of sp³-hybridized carbons (Fsp3) is 0.0769. The fourth-order valence-electron chi connectivity index (χ4n) is 1.46. The van der Waals surface area contributed by atoms with Gasteiger partial charge in [-0.3, -0.25) is 0 Å².